The van der Waals surface area contributed by atoms with E-state index in [1.54, 1.807) is 22.7 Å². The van der Waals surface area contributed by atoms with Gasteiger partial charge in [0.15, 0.2) is 23.1 Å². The minimum Gasteiger partial charge on any atom is -0.478 e. The molecule has 152 valence electrons. The Hall–Kier alpha value is -3.52. The number of aromatic nitrogens is 3. The van der Waals surface area contributed by atoms with E-state index in [2.05, 4.69) is 15.3 Å². The van der Waals surface area contributed by atoms with Gasteiger partial charge >= 0.3 is 5.97 Å². The third-order valence-corrected chi connectivity index (χ3v) is 5.01. The summed E-state index contributed by atoms with van der Waals surface area (Å²) in [7, 11) is 0. The zero-order valence-electron chi connectivity index (χ0n) is 15.7. The van der Waals surface area contributed by atoms with Crippen LogP contribution in [-0.2, 0) is 6.42 Å². The molecule has 0 radical (unpaired) electrons. The molecule has 2 heterocycles. The van der Waals surface area contributed by atoms with E-state index in [9.17, 15) is 18.7 Å². The lowest BCUT2D eigenvalue weighted by Gasteiger charge is -2.11. The molecule has 4 rings (SSSR count). The maximum Gasteiger partial charge on any atom is 0.335 e. The summed E-state index contributed by atoms with van der Waals surface area (Å²) in [6.07, 6.45) is 5.04. The molecule has 0 bridgehead atoms. The smallest absolute Gasteiger partial charge is 0.335 e. The zero-order valence-corrected chi connectivity index (χ0v) is 16.4. The van der Waals surface area contributed by atoms with Crippen molar-refractivity contribution in [2.75, 3.05) is 5.32 Å². The molecule has 0 fully saturated rings. The third kappa shape index (κ3) is 3.35. The van der Waals surface area contributed by atoms with Crippen molar-refractivity contribution >= 4 is 34.7 Å². The Labute approximate surface area is 174 Å². The van der Waals surface area contributed by atoms with E-state index in [-0.39, 0.29) is 16.1 Å². The second-order valence-electron chi connectivity index (χ2n) is 6.49. The molecule has 2 aromatic carbocycles. The highest BCUT2D eigenvalue weighted by atomic mass is 35.5. The SMILES string of the molecule is CCc1cc(Nc2nccn3c(-c4ccc(Cl)c(F)c4F)cnc23)ccc1C(=O)O. The van der Waals surface area contributed by atoms with Gasteiger partial charge in [-0.25, -0.2) is 23.5 Å². The first kappa shape index (κ1) is 19.8. The van der Waals surface area contributed by atoms with Gasteiger partial charge in [-0.1, -0.05) is 18.5 Å². The van der Waals surface area contributed by atoms with Crippen LogP contribution in [-0.4, -0.2) is 25.4 Å². The topological polar surface area (TPSA) is 79.5 Å². The number of rotatable bonds is 5. The molecule has 0 saturated carbocycles. The number of anilines is 2. The van der Waals surface area contributed by atoms with E-state index in [0.29, 0.717) is 34.8 Å². The molecule has 0 saturated heterocycles. The number of hydrogen-bond donors (Lipinski definition) is 2. The number of fused-ring (bicyclic) bond motifs is 1. The summed E-state index contributed by atoms with van der Waals surface area (Å²) in [4.78, 5) is 19.9. The van der Waals surface area contributed by atoms with Crippen LogP contribution in [0.25, 0.3) is 16.9 Å². The minimum atomic E-state index is -1.12. The summed E-state index contributed by atoms with van der Waals surface area (Å²) in [6, 6.07) is 7.55. The molecule has 0 aliphatic heterocycles. The molecule has 0 atom stereocenters. The number of hydrogen-bond acceptors (Lipinski definition) is 4. The molecule has 0 unspecified atom stereocenters. The van der Waals surface area contributed by atoms with Crippen LogP contribution in [0.2, 0.25) is 5.02 Å². The van der Waals surface area contributed by atoms with Crippen LogP contribution in [0.5, 0.6) is 0 Å². The Balaban J connectivity index is 1.76. The monoisotopic (exact) mass is 428 g/mol. The Kier molecular flexibility index (Phi) is 5.09. The Bertz CT molecular complexity index is 1290. The van der Waals surface area contributed by atoms with Crippen LogP contribution >= 0.6 is 11.6 Å². The first-order valence-corrected chi connectivity index (χ1v) is 9.37. The fourth-order valence-corrected chi connectivity index (χ4v) is 3.39. The number of nitrogens with one attached hydrogen (secondary N) is 1. The molecule has 4 aromatic rings. The lowest BCUT2D eigenvalue weighted by molar-refractivity contribution is 0.0696. The van der Waals surface area contributed by atoms with E-state index < -0.39 is 17.6 Å². The standard InChI is InChI=1S/C21H15ClF2N4O2/c1-2-11-9-12(3-4-13(11)21(29)30)27-19-20-26-10-16(28(20)8-7-25-19)14-5-6-15(22)18(24)17(14)23/h3-10H,2H2,1H3,(H,25,27)(H,29,30). The van der Waals surface area contributed by atoms with Crippen LogP contribution in [0, 0.1) is 11.6 Å². The van der Waals surface area contributed by atoms with Gasteiger partial charge in [0.25, 0.3) is 0 Å². The van der Waals surface area contributed by atoms with Crippen LogP contribution in [0.4, 0.5) is 20.3 Å². The van der Waals surface area contributed by atoms with Crippen molar-refractivity contribution in [3.8, 4) is 11.3 Å². The van der Waals surface area contributed by atoms with Crippen molar-refractivity contribution in [3.05, 3.63) is 76.7 Å². The normalized spacial score (nSPS) is 11.1. The van der Waals surface area contributed by atoms with Gasteiger partial charge in [-0.15, -0.1) is 0 Å². The van der Waals surface area contributed by atoms with Gasteiger partial charge in [-0.3, -0.25) is 4.40 Å². The summed E-state index contributed by atoms with van der Waals surface area (Å²) in [5, 5.41) is 12.1. The molecule has 0 spiro atoms. The summed E-state index contributed by atoms with van der Waals surface area (Å²) in [5.74, 6) is -2.80. The molecule has 6 nitrogen and oxygen atoms in total. The number of nitrogens with zero attached hydrogens (tertiary/aromatic N) is 3. The summed E-state index contributed by atoms with van der Waals surface area (Å²) in [5.41, 5.74) is 2.27. The number of carboxylic acids is 1. The maximum atomic E-state index is 14.4. The molecule has 30 heavy (non-hydrogen) atoms. The number of halogens is 3. The first-order chi connectivity index (χ1) is 14.4. The van der Waals surface area contributed by atoms with Gasteiger partial charge in [-0.05, 0) is 42.3 Å². The van der Waals surface area contributed by atoms with E-state index in [4.69, 9.17) is 11.6 Å². The van der Waals surface area contributed by atoms with E-state index in [1.807, 2.05) is 6.92 Å². The summed E-state index contributed by atoms with van der Waals surface area (Å²) >= 11 is 5.64. The fraction of sp³-hybridized carbons (Fsp3) is 0.0952. The predicted octanol–water partition coefficient (Wildman–Crippen LogP) is 5.33. The summed E-state index contributed by atoms with van der Waals surface area (Å²) in [6.45, 7) is 1.87. The van der Waals surface area contributed by atoms with Crippen molar-refractivity contribution < 1.29 is 18.7 Å². The van der Waals surface area contributed by atoms with Crippen molar-refractivity contribution in [1.82, 2.24) is 14.4 Å². The lowest BCUT2D eigenvalue weighted by Crippen LogP contribution is -2.04. The molecular formula is C21H15ClF2N4O2. The number of aryl methyl sites for hydroxylation is 1. The van der Waals surface area contributed by atoms with Crippen LogP contribution in [0.3, 0.4) is 0 Å². The predicted molar refractivity (Wildman–Crippen MR) is 109 cm³/mol. The van der Waals surface area contributed by atoms with Gasteiger partial charge in [0.05, 0.1) is 22.5 Å². The molecule has 0 aliphatic rings. The first-order valence-electron chi connectivity index (χ1n) is 9.00. The van der Waals surface area contributed by atoms with Gasteiger partial charge < -0.3 is 10.4 Å². The van der Waals surface area contributed by atoms with E-state index in [1.165, 1.54) is 30.6 Å². The second kappa shape index (κ2) is 7.72. The molecule has 2 N–H and O–H groups in total. The van der Waals surface area contributed by atoms with Crippen LogP contribution in [0.15, 0.2) is 48.9 Å². The van der Waals surface area contributed by atoms with Crippen molar-refractivity contribution in [2.24, 2.45) is 0 Å². The highest BCUT2D eigenvalue weighted by Crippen LogP contribution is 2.30. The summed E-state index contributed by atoms with van der Waals surface area (Å²) < 4.78 is 29.9. The molecule has 0 aliphatic carbocycles. The Morgan fingerprint density at radius 2 is 2.00 bits per heavy atom. The largest absolute Gasteiger partial charge is 0.478 e. The van der Waals surface area contributed by atoms with Gasteiger partial charge in [0, 0.05) is 23.6 Å². The number of benzene rings is 2. The quantitative estimate of drug-likeness (QED) is 0.420. The Morgan fingerprint density at radius 1 is 1.20 bits per heavy atom. The van der Waals surface area contributed by atoms with Gasteiger partial charge in [0.2, 0.25) is 0 Å². The maximum absolute atomic E-state index is 14.4. The molecule has 2 aromatic heterocycles. The van der Waals surface area contributed by atoms with Gasteiger partial charge in [0.1, 0.15) is 0 Å². The zero-order chi connectivity index (χ0) is 21.4. The highest BCUT2D eigenvalue weighted by molar-refractivity contribution is 6.30. The van der Waals surface area contributed by atoms with Crippen molar-refractivity contribution in [1.29, 1.82) is 0 Å². The average Bonchev–Trinajstić information content (AvgIpc) is 3.17. The van der Waals surface area contributed by atoms with E-state index in [0.717, 1.165) is 0 Å². The minimum absolute atomic E-state index is 0.0145. The molecule has 9 heteroatoms. The number of carbonyl (C=O) groups is 1. The lowest BCUT2D eigenvalue weighted by atomic mass is 10.0. The third-order valence-electron chi connectivity index (χ3n) is 4.72. The highest BCUT2D eigenvalue weighted by Gasteiger charge is 2.18. The molecule has 0 amide bonds. The van der Waals surface area contributed by atoms with Crippen LogP contribution in [0.1, 0.15) is 22.8 Å². The number of imidazole rings is 1. The van der Waals surface area contributed by atoms with Crippen molar-refractivity contribution in [3.63, 3.8) is 0 Å². The van der Waals surface area contributed by atoms with Crippen molar-refractivity contribution in [2.45, 2.75) is 13.3 Å². The molecular weight excluding hydrogens is 414 g/mol. The second-order valence-corrected chi connectivity index (χ2v) is 6.90. The van der Waals surface area contributed by atoms with E-state index >= 15 is 0 Å². The average molecular weight is 429 g/mol. The number of carboxylic acid groups (broad SMARTS) is 1. The van der Waals surface area contributed by atoms with Gasteiger partial charge in [-0.2, -0.15) is 0 Å². The fourth-order valence-electron chi connectivity index (χ4n) is 3.24. The van der Waals surface area contributed by atoms with Crippen LogP contribution < -0.4 is 5.32 Å². The number of aromatic carboxylic acids is 1. The Morgan fingerprint density at radius 3 is 2.73 bits per heavy atom.